The standard InChI is InChI=1S/C15H21FN2O2/c1-10-4-5-14(13(16)6-10)17-15(19)9-18-7-11(2)20-12(3)8-18/h4-6,11-12H,7-9H2,1-3H3,(H,17,19)/t11-,12-/m1/s1. The van der Waals surface area contributed by atoms with E-state index in [0.717, 1.165) is 5.56 Å². The minimum Gasteiger partial charge on any atom is -0.373 e. The minimum absolute atomic E-state index is 0.114. The van der Waals surface area contributed by atoms with Gasteiger partial charge in [0.1, 0.15) is 5.82 Å². The van der Waals surface area contributed by atoms with Crippen molar-refractivity contribution in [2.24, 2.45) is 0 Å². The van der Waals surface area contributed by atoms with Crippen LogP contribution < -0.4 is 5.32 Å². The second-order valence-corrected chi connectivity index (χ2v) is 5.48. The van der Waals surface area contributed by atoms with Gasteiger partial charge in [-0.3, -0.25) is 9.69 Å². The van der Waals surface area contributed by atoms with Gasteiger partial charge < -0.3 is 10.1 Å². The number of rotatable bonds is 3. The third-order valence-corrected chi connectivity index (χ3v) is 3.26. The molecule has 2 atom stereocenters. The van der Waals surface area contributed by atoms with Gasteiger partial charge in [0, 0.05) is 13.1 Å². The van der Waals surface area contributed by atoms with E-state index in [4.69, 9.17) is 4.74 Å². The molecular weight excluding hydrogens is 259 g/mol. The molecule has 5 heteroatoms. The van der Waals surface area contributed by atoms with Crippen LogP contribution in [0.5, 0.6) is 0 Å². The average molecular weight is 280 g/mol. The number of aryl methyl sites for hydroxylation is 1. The Hall–Kier alpha value is -1.46. The van der Waals surface area contributed by atoms with Crippen LogP contribution in [-0.4, -0.2) is 42.6 Å². The Morgan fingerprint density at radius 2 is 2.05 bits per heavy atom. The van der Waals surface area contributed by atoms with Gasteiger partial charge in [-0.25, -0.2) is 4.39 Å². The zero-order valence-corrected chi connectivity index (χ0v) is 12.1. The lowest BCUT2D eigenvalue weighted by Crippen LogP contribution is -2.48. The van der Waals surface area contributed by atoms with E-state index in [9.17, 15) is 9.18 Å². The van der Waals surface area contributed by atoms with Crippen molar-refractivity contribution in [3.8, 4) is 0 Å². The van der Waals surface area contributed by atoms with E-state index in [1.165, 1.54) is 6.07 Å². The van der Waals surface area contributed by atoms with E-state index in [2.05, 4.69) is 5.32 Å². The number of carbonyl (C=O) groups excluding carboxylic acids is 1. The number of amides is 1. The highest BCUT2D eigenvalue weighted by molar-refractivity contribution is 5.92. The van der Waals surface area contributed by atoms with E-state index < -0.39 is 5.82 Å². The first-order valence-electron chi connectivity index (χ1n) is 6.88. The molecule has 1 aliphatic rings. The van der Waals surface area contributed by atoms with Crippen LogP contribution in [0.3, 0.4) is 0 Å². The van der Waals surface area contributed by atoms with Crippen LogP contribution in [0.15, 0.2) is 18.2 Å². The second-order valence-electron chi connectivity index (χ2n) is 5.48. The van der Waals surface area contributed by atoms with E-state index in [1.54, 1.807) is 12.1 Å². The Bertz CT molecular complexity index is 483. The molecule has 1 heterocycles. The summed E-state index contributed by atoms with van der Waals surface area (Å²) in [5, 5.41) is 2.62. The summed E-state index contributed by atoms with van der Waals surface area (Å²) in [5.41, 5.74) is 1.06. The predicted octanol–water partition coefficient (Wildman–Crippen LogP) is 2.18. The lowest BCUT2D eigenvalue weighted by Gasteiger charge is -2.34. The normalized spacial score (nSPS) is 23.6. The summed E-state index contributed by atoms with van der Waals surface area (Å²) in [6.07, 6.45) is 0.227. The van der Waals surface area contributed by atoms with E-state index >= 15 is 0 Å². The number of halogens is 1. The quantitative estimate of drug-likeness (QED) is 0.922. The molecule has 0 aliphatic carbocycles. The Kier molecular flexibility index (Phi) is 4.73. The summed E-state index contributed by atoms with van der Waals surface area (Å²) in [4.78, 5) is 14.0. The van der Waals surface area contributed by atoms with Crippen molar-refractivity contribution in [3.05, 3.63) is 29.6 Å². The molecule has 1 aromatic rings. The molecule has 110 valence electrons. The third kappa shape index (κ3) is 4.02. The van der Waals surface area contributed by atoms with Crippen molar-refractivity contribution in [3.63, 3.8) is 0 Å². The lowest BCUT2D eigenvalue weighted by molar-refractivity contribution is -0.121. The molecule has 1 amide bonds. The molecule has 0 radical (unpaired) electrons. The molecule has 2 rings (SSSR count). The number of ether oxygens (including phenoxy) is 1. The largest absolute Gasteiger partial charge is 0.373 e. The fourth-order valence-corrected chi connectivity index (χ4v) is 2.53. The summed E-state index contributed by atoms with van der Waals surface area (Å²) in [6, 6.07) is 4.78. The first-order valence-corrected chi connectivity index (χ1v) is 6.88. The van der Waals surface area contributed by atoms with Gasteiger partial charge >= 0.3 is 0 Å². The number of nitrogens with zero attached hydrogens (tertiary/aromatic N) is 1. The number of benzene rings is 1. The smallest absolute Gasteiger partial charge is 0.238 e. The Labute approximate surface area is 118 Å². The number of hydrogen-bond donors (Lipinski definition) is 1. The Morgan fingerprint density at radius 1 is 1.40 bits per heavy atom. The summed E-state index contributed by atoms with van der Waals surface area (Å²) < 4.78 is 19.3. The van der Waals surface area contributed by atoms with Crippen LogP contribution in [0.25, 0.3) is 0 Å². The molecule has 1 aromatic carbocycles. The second kappa shape index (κ2) is 6.33. The fraction of sp³-hybridized carbons (Fsp3) is 0.533. The lowest BCUT2D eigenvalue weighted by atomic mass is 10.2. The fourth-order valence-electron chi connectivity index (χ4n) is 2.53. The topological polar surface area (TPSA) is 41.6 Å². The third-order valence-electron chi connectivity index (χ3n) is 3.26. The predicted molar refractivity (Wildman–Crippen MR) is 76.2 cm³/mol. The first-order chi connectivity index (χ1) is 9.44. The maximum atomic E-state index is 13.7. The highest BCUT2D eigenvalue weighted by Gasteiger charge is 2.23. The number of hydrogen-bond acceptors (Lipinski definition) is 3. The molecule has 0 aromatic heterocycles. The number of anilines is 1. The van der Waals surface area contributed by atoms with Crippen molar-refractivity contribution < 1.29 is 13.9 Å². The monoisotopic (exact) mass is 280 g/mol. The van der Waals surface area contributed by atoms with Gasteiger partial charge in [-0.1, -0.05) is 6.07 Å². The van der Waals surface area contributed by atoms with Crippen LogP contribution in [0.2, 0.25) is 0 Å². The molecular formula is C15H21FN2O2. The van der Waals surface area contributed by atoms with Crippen molar-refractivity contribution in [1.29, 1.82) is 0 Å². The Morgan fingerprint density at radius 3 is 2.65 bits per heavy atom. The number of carbonyl (C=O) groups is 1. The molecule has 1 saturated heterocycles. The summed E-state index contributed by atoms with van der Waals surface area (Å²) in [6.45, 7) is 7.47. The van der Waals surface area contributed by atoms with Crippen LogP contribution in [0, 0.1) is 12.7 Å². The maximum Gasteiger partial charge on any atom is 0.238 e. The van der Waals surface area contributed by atoms with Gasteiger partial charge in [0.05, 0.1) is 24.4 Å². The molecule has 0 bridgehead atoms. The maximum absolute atomic E-state index is 13.7. The molecule has 0 spiro atoms. The van der Waals surface area contributed by atoms with Crippen molar-refractivity contribution in [2.75, 3.05) is 25.0 Å². The molecule has 0 saturated carbocycles. The van der Waals surface area contributed by atoms with Gasteiger partial charge in [-0.2, -0.15) is 0 Å². The van der Waals surface area contributed by atoms with Crippen molar-refractivity contribution in [1.82, 2.24) is 4.90 Å². The summed E-state index contributed by atoms with van der Waals surface area (Å²) in [5.74, 6) is -0.601. The van der Waals surface area contributed by atoms with Crippen molar-refractivity contribution in [2.45, 2.75) is 33.0 Å². The SMILES string of the molecule is Cc1ccc(NC(=O)CN2C[C@@H](C)O[C@H](C)C2)c(F)c1. The highest BCUT2D eigenvalue weighted by atomic mass is 19.1. The molecule has 0 unspecified atom stereocenters. The summed E-state index contributed by atoms with van der Waals surface area (Å²) in [7, 11) is 0. The minimum atomic E-state index is -0.401. The van der Waals surface area contributed by atoms with Crippen molar-refractivity contribution >= 4 is 11.6 Å². The van der Waals surface area contributed by atoms with Gasteiger partial charge in [-0.15, -0.1) is 0 Å². The first kappa shape index (κ1) is 14.9. The van der Waals surface area contributed by atoms with Crippen LogP contribution >= 0.6 is 0 Å². The average Bonchev–Trinajstić information content (AvgIpc) is 2.31. The highest BCUT2D eigenvalue weighted by Crippen LogP contribution is 2.16. The Balaban J connectivity index is 1.92. The van der Waals surface area contributed by atoms with Crippen LogP contribution in [-0.2, 0) is 9.53 Å². The molecule has 1 fully saturated rings. The molecule has 4 nitrogen and oxygen atoms in total. The van der Waals surface area contributed by atoms with Gasteiger partial charge in [0.15, 0.2) is 0 Å². The van der Waals surface area contributed by atoms with E-state index in [1.807, 2.05) is 25.7 Å². The molecule has 1 aliphatic heterocycles. The number of morpholine rings is 1. The van der Waals surface area contributed by atoms with Gasteiger partial charge in [0.25, 0.3) is 0 Å². The van der Waals surface area contributed by atoms with Gasteiger partial charge in [0.2, 0.25) is 5.91 Å². The van der Waals surface area contributed by atoms with E-state index in [0.29, 0.717) is 13.1 Å². The zero-order chi connectivity index (χ0) is 14.7. The zero-order valence-electron chi connectivity index (χ0n) is 12.1. The number of nitrogens with one attached hydrogen (secondary N) is 1. The van der Waals surface area contributed by atoms with E-state index in [-0.39, 0.29) is 30.3 Å². The van der Waals surface area contributed by atoms with Crippen LogP contribution in [0.1, 0.15) is 19.4 Å². The van der Waals surface area contributed by atoms with Crippen LogP contribution in [0.4, 0.5) is 10.1 Å². The molecule has 20 heavy (non-hydrogen) atoms. The summed E-state index contributed by atoms with van der Waals surface area (Å²) >= 11 is 0. The molecule has 1 N–H and O–H groups in total. The van der Waals surface area contributed by atoms with Gasteiger partial charge in [-0.05, 0) is 38.5 Å².